The Morgan fingerprint density at radius 2 is 1.88 bits per heavy atom. The Morgan fingerprint density at radius 3 is 2.56 bits per heavy atom. The van der Waals surface area contributed by atoms with Crippen LogP contribution in [-0.4, -0.2) is 33.5 Å². The largest absolute Gasteiger partial charge is 0.335 e. The number of nitrogens with one attached hydrogen (secondary N) is 1. The summed E-state index contributed by atoms with van der Waals surface area (Å²) < 4.78 is 1.70. The molecule has 0 saturated carbocycles. The Labute approximate surface area is 194 Å². The van der Waals surface area contributed by atoms with Crippen molar-refractivity contribution in [1.29, 1.82) is 0 Å². The third-order valence-corrected chi connectivity index (χ3v) is 5.95. The lowest BCUT2D eigenvalue weighted by molar-refractivity contribution is 0.0741. The molecule has 0 bridgehead atoms. The first-order valence-electron chi connectivity index (χ1n) is 10.8. The average molecular weight is 453 g/mol. The number of hydrogen-bond acceptors (Lipinski definition) is 3. The third-order valence-electron chi connectivity index (χ3n) is 5.57. The summed E-state index contributed by atoms with van der Waals surface area (Å²) in [5.74, 6) is -0.358. The van der Waals surface area contributed by atoms with Crippen LogP contribution in [0.25, 0.3) is 0 Å². The van der Waals surface area contributed by atoms with E-state index in [9.17, 15) is 9.59 Å². The maximum Gasteiger partial charge on any atom is 0.259 e. The zero-order valence-electron chi connectivity index (χ0n) is 18.9. The lowest BCUT2D eigenvalue weighted by atomic mass is 10.1. The molecule has 0 aliphatic heterocycles. The van der Waals surface area contributed by atoms with Gasteiger partial charge in [0, 0.05) is 24.8 Å². The van der Waals surface area contributed by atoms with Crippen molar-refractivity contribution in [1.82, 2.24) is 14.7 Å². The number of aryl methyl sites for hydroxylation is 2. The number of amides is 2. The summed E-state index contributed by atoms with van der Waals surface area (Å²) in [5.41, 5.74) is 3.22. The SMILES string of the molecule is CCCCn1nc(C)c(C(=O)N(C)[C@H](C)c2cccc(NC(=O)c3ccccc3)c2)c1Cl. The van der Waals surface area contributed by atoms with Crippen LogP contribution in [0, 0.1) is 6.92 Å². The molecule has 1 aromatic heterocycles. The van der Waals surface area contributed by atoms with E-state index in [-0.39, 0.29) is 17.9 Å². The Kier molecular flexibility index (Phi) is 7.70. The van der Waals surface area contributed by atoms with Gasteiger partial charge in [0.15, 0.2) is 0 Å². The maximum absolute atomic E-state index is 13.3. The fraction of sp³-hybridized carbons (Fsp3) is 0.320. The number of hydrogen-bond donors (Lipinski definition) is 1. The van der Waals surface area contributed by atoms with E-state index < -0.39 is 0 Å². The first-order chi connectivity index (χ1) is 15.3. The number of rotatable bonds is 8. The molecule has 32 heavy (non-hydrogen) atoms. The highest BCUT2D eigenvalue weighted by Gasteiger charge is 2.26. The Morgan fingerprint density at radius 1 is 1.16 bits per heavy atom. The molecule has 0 aliphatic carbocycles. The molecule has 0 radical (unpaired) electrons. The van der Waals surface area contributed by atoms with Crippen LogP contribution in [0.4, 0.5) is 5.69 Å². The van der Waals surface area contributed by atoms with Gasteiger partial charge in [0.2, 0.25) is 0 Å². The molecule has 1 atom stereocenters. The molecule has 6 nitrogen and oxygen atoms in total. The van der Waals surface area contributed by atoms with Crippen LogP contribution in [0.1, 0.15) is 64.7 Å². The standard InChI is InChI=1S/C25H29ClN4O2/c1-5-6-15-30-23(26)22(17(2)28-30)25(32)29(4)18(3)20-13-10-14-21(16-20)27-24(31)19-11-8-7-9-12-19/h7-14,16,18H,5-6,15H2,1-4H3,(H,27,31)/t18-/m1/s1. The Hall–Kier alpha value is -3.12. The monoisotopic (exact) mass is 452 g/mol. The van der Waals surface area contributed by atoms with Gasteiger partial charge in [-0.25, -0.2) is 0 Å². The lowest BCUT2D eigenvalue weighted by Gasteiger charge is -2.26. The minimum atomic E-state index is -0.231. The quantitative estimate of drug-likeness (QED) is 0.474. The van der Waals surface area contributed by atoms with Gasteiger partial charge in [0.25, 0.3) is 11.8 Å². The molecule has 1 N–H and O–H groups in total. The summed E-state index contributed by atoms with van der Waals surface area (Å²) in [6.07, 6.45) is 1.97. The topological polar surface area (TPSA) is 67.2 Å². The average Bonchev–Trinajstić information content (AvgIpc) is 3.09. The van der Waals surface area contributed by atoms with Gasteiger partial charge in [-0.15, -0.1) is 0 Å². The van der Waals surface area contributed by atoms with E-state index in [2.05, 4.69) is 17.3 Å². The van der Waals surface area contributed by atoms with Crippen molar-refractivity contribution in [2.75, 3.05) is 12.4 Å². The maximum atomic E-state index is 13.3. The van der Waals surface area contributed by atoms with E-state index in [1.165, 1.54) is 0 Å². The van der Waals surface area contributed by atoms with Gasteiger partial charge in [-0.3, -0.25) is 14.3 Å². The van der Waals surface area contributed by atoms with E-state index in [0.29, 0.717) is 34.2 Å². The number of halogens is 1. The van der Waals surface area contributed by atoms with Crippen molar-refractivity contribution in [2.45, 2.75) is 46.2 Å². The van der Waals surface area contributed by atoms with Crippen LogP contribution in [0.15, 0.2) is 54.6 Å². The van der Waals surface area contributed by atoms with Gasteiger partial charge < -0.3 is 10.2 Å². The van der Waals surface area contributed by atoms with Gasteiger partial charge in [0.1, 0.15) is 5.15 Å². The Balaban J connectivity index is 1.77. The normalized spacial score (nSPS) is 11.8. The predicted octanol–water partition coefficient (Wildman–Crippen LogP) is 5.73. The predicted molar refractivity (Wildman–Crippen MR) is 128 cm³/mol. The van der Waals surface area contributed by atoms with Crippen molar-refractivity contribution in [3.8, 4) is 0 Å². The molecule has 2 amide bonds. The minimum Gasteiger partial charge on any atom is -0.335 e. The number of carbonyl (C=O) groups is 2. The molecule has 0 unspecified atom stereocenters. The molecule has 0 saturated heterocycles. The van der Waals surface area contributed by atoms with Crippen LogP contribution in [0.5, 0.6) is 0 Å². The summed E-state index contributed by atoms with van der Waals surface area (Å²) >= 11 is 6.50. The van der Waals surface area contributed by atoms with Crippen LogP contribution < -0.4 is 5.32 Å². The smallest absolute Gasteiger partial charge is 0.259 e. The summed E-state index contributed by atoms with van der Waals surface area (Å²) in [5, 5.41) is 7.74. The molecule has 0 fully saturated rings. The molecule has 168 valence electrons. The van der Waals surface area contributed by atoms with E-state index in [4.69, 9.17) is 11.6 Å². The fourth-order valence-corrected chi connectivity index (χ4v) is 3.84. The third kappa shape index (κ3) is 5.19. The molecule has 2 aromatic carbocycles. The van der Waals surface area contributed by atoms with Gasteiger partial charge in [-0.2, -0.15) is 5.10 Å². The zero-order valence-corrected chi connectivity index (χ0v) is 19.7. The van der Waals surface area contributed by atoms with Gasteiger partial charge in [-0.1, -0.05) is 55.3 Å². The molecular formula is C25H29ClN4O2. The van der Waals surface area contributed by atoms with Crippen molar-refractivity contribution in [3.63, 3.8) is 0 Å². The van der Waals surface area contributed by atoms with Crippen LogP contribution in [0.3, 0.4) is 0 Å². The van der Waals surface area contributed by atoms with Gasteiger partial charge in [0.05, 0.1) is 17.3 Å². The summed E-state index contributed by atoms with van der Waals surface area (Å²) in [6.45, 7) is 6.54. The highest BCUT2D eigenvalue weighted by Crippen LogP contribution is 2.27. The molecule has 3 aromatic rings. The van der Waals surface area contributed by atoms with Crippen molar-refractivity contribution in [2.24, 2.45) is 0 Å². The summed E-state index contributed by atoms with van der Waals surface area (Å²) in [7, 11) is 1.75. The lowest BCUT2D eigenvalue weighted by Crippen LogP contribution is -2.30. The van der Waals surface area contributed by atoms with Gasteiger partial charge >= 0.3 is 0 Å². The molecule has 1 heterocycles. The van der Waals surface area contributed by atoms with Crippen LogP contribution >= 0.6 is 11.6 Å². The zero-order chi connectivity index (χ0) is 23.3. The minimum absolute atomic E-state index is 0.179. The highest BCUT2D eigenvalue weighted by atomic mass is 35.5. The van der Waals surface area contributed by atoms with E-state index in [1.807, 2.05) is 49.4 Å². The van der Waals surface area contributed by atoms with Crippen molar-refractivity contribution < 1.29 is 9.59 Å². The first kappa shape index (κ1) is 23.5. The second kappa shape index (κ2) is 10.5. The number of unbranched alkanes of at least 4 members (excludes halogenated alkanes) is 1. The van der Waals surface area contributed by atoms with E-state index in [1.54, 1.807) is 35.7 Å². The highest BCUT2D eigenvalue weighted by molar-refractivity contribution is 6.33. The van der Waals surface area contributed by atoms with Crippen molar-refractivity contribution in [3.05, 3.63) is 82.1 Å². The van der Waals surface area contributed by atoms with E-state index in [0.717, 1.165) is 18.4 Å². The molecule has 7 heteroatoms. The second-order valence-corrected chi connectivity index (χ2v) is 8.22. The molecule has 3 rings (SSSR count). The molecular weight excluding hydrogens is 424 g/mol. The van der Waals surface area contributed by atoms with Crippen LogP contribution in [-0.2, 0) is 6.54 Å². The molecule has 0 aliphatic rings. The summed E-state index contributed by atoms with van der Waals surface area (Å²) in [6, 6.07) is 16.3. The van der Waals surface area contributed by atoms with E-state index >= 15 is 0 Å². The number of benzene rings is 2. The Bertz CT molecular complexity index is 1090. The fourth-order valence-electron chi connectivity index (χ4n) is 3.50. The molecule has 0 spiro atoms. The second-order valence-electron chi connectivity index (χ2n) is 7.87. The summed E-state index contributed by atoms with van der Waals surface area (Å²) in [4.78, 5) is 27.4. The number of aromatic nitrogens is 2. The number of anilines is 1. The first-order valence-corrected chi connectivity index (χ1v) is 11.2. The van der Waals surface area contributed by atoms with Crippen molar-refractivity contribution >= 4 is 29.1 Å². The number of nitrogens with zero attached hydrogens (tertiary/aromatic N) is 3. The van der Waals surface area contributed by atoms with Gasteiger partial charge in [-0.05, 0) is 50.1 Å². The number of carbonyl (C=O) groups excluding carboxylic acids is 2. The van der Waals surface area contributed by atoms with Crippen LogP contribution in [0.2, 0.25) is 5.15 Å².